The molecule has 0 amide bonds. The average Bonchev–Trinajstić information content (AvgIpc) is 2.48. The minimum atomic E-state index is -0.258. The number of carbonyl (C=O) groups excluding carboxylic acids is 1. The van der Waals surface area contributed by atoms with Gasteiger partial charge in [-0.25, -0.2) is 4.79 Å². The quantitative estimate of drug-likeness (QED) is 0.582. The van der Waals surface area contributed by atoms with Crippen molar-refractivity contribution in [3.8, 4) is 0 Å². The molecule has 0 radical (unpaired) electrons. The van der Waals surface area contributed by atoms with Crippen LogP contribution in [0.2, 0.25) is 0 Å². The van der Waals surface area contributed by atoms with Crippen LogP contribution < -0.4 is 0 Å². The highest BCUT2D eigenvalue weighted by Crippen LogP contribution is 2.17. The van der Waals surface area contributed by atoms with E-state index in [2.05, 4.69) is 9.64 Å². The number of hydrogen-bond acceptors (Lipinski definition) is 4. The third-order valence-corrected chi connectivity index (χ3v) is 2.24. The van der Waals surface area contributed by atoms with Gasteiger partial charge in [-0.2, -0.15) is 0 Å². The molecular weight excluding hydrogens is 170 g/mol. The summed E-state index contributed by atoms with van der Waals surface area (Å²) in [5, 5.41) is 0. The van der Waals surface area contributed by atoms with Crippen molar-refractivity contribution in [3.63, 3.8) is 0 Å². The molecule has 0 bridgehead atoms. The monoisotopic (exact) mass is 185 g/mol. The highest BCUT2D eigenvalue weighted by Gasteiger charge is 2.29. The first kappa shape index (κ1) is 10.2. The normalized spacial score (nSPS) is 23.0. The smallest absolute Gasteiger partial charge is 0.335 e. The number of esters is 1. The Bertz CT molecular complexity index is 225. The minimum Gasteiger partial charge on any atom is -0.466 e. The lowest BCUT2D eigenvalue weighted by molar-refractivity contribution is -0.136. The number of rotatable bonds is 3. The van der Waals surface area contributed by atoms with Crippen LogP contribution in [0.1, 0.15) is 0 Å². The zero-order valence-corrected chi connectivity index (χ0v) is 8.24. The van der Waals surface area contributed by atoms with Crippen molar-refractivity contribution in [1.29, 1.82) is 0 Å². The molecule has 0 aliphatic carbocycles. The van der Waals surface area contributed by atoms with Gasteiger partial charge in [-0.1, -0.05) is 6.08 Å². The van der Waals surface area contributed by atoms with Crippen LogP contribution in [-0.2, 0) is 14.3 Å². The van der Waals surface area contributed by atoms with Crippen molar-refractivity contribution in [2.24, 2.45) is 0 Å². The second-order valence-corrected chi connectivity index (χ2v) is 3.06. The van der Waals surface area contributed by atoms with E-state index < -0.39 is 0 Å². The number of methoxy groups -OCH3 is 2. The molecule has 0 fully saturated rings. The van der Waals surface area contributed by atoms with Crippen molar-refractivity contribution in [1.82, 2.24) is 4.90 Å². The van der Waals surface area contributed by atoms with Crippen LogP contribution in [0, 0.1) is 0 Å². The van der Waals surface area contributed by atoms with Gasteiger partial charge in [0.15, 0.2) is 0 Å². The summed E-state index contributed by atoms with van der Waals surface area (Å²) in [4.78, 5) is 13.3. The number of ether oxygens (including phenoxy) is 2. The Morgan fingerprint density at radius 3 is 2.92 bits per heavy atom. The predicted octanol–water partition coefficient (Wildman–Crippen LogP) is 0.0462. The summed E-state index contributed by atoms with van der Waals surface area (Å²) in [6.07, 6.45) is 1.88. The topological polar surface area (TPSA) is 38.8 Å². The first-order valence-electron chi connectivity index (χ1n) is 4.18. The summed E-state index contributed by atoms with van der Waals surface area (Å²) in [6, 6.07) is 0.0393. The highest BCUT2D eigenvalue weighted by molar-refractivity contribution is 5.90. The molecule has 0 unspecified atom stereocenters. The summed E-state index contributed by atoms with van der Waals surface area (Å²) in [5.41, 5.74) is 0.701. The molecule has 0 aromatic carbocycles. The highest BCUT2D eigenvalue weighted by atomic mass is 16.5. The first-order chi connectivity index (χ1) is 6.20. The predicted molar refractivity (Wildman–Crippen MR) is 48.4 cm³/mol. The van der Waals surface area contributed by atoms with E-state index in [1.54, 1.807) is 7.11 Å². The maximum Gasteiger partial charge on any atom is 0.335 e. The molecule has 1 aliphatic heterocycles. The zero-order chi connectivity index (χ0) is 9.84. The van der Waals surface area contributed by atoms with Crippen LogP contribution in [-0.4, -0.2) is 51.3 Å². The van der Waals surface area contributed by atoms with Gasteiger partial charge in [0.25, 0.3) is 0 Å². The fraction of sp³-hybridized carbons (Fsp3) is 0.667. The van der Waals surface area contributed by atoms with Crippen LogP contribution in [0.5, 0.6) is 0 Å². The second-order valence-electron chi connectivity index (χ2n) is 3.06. The molecule has 0 aromatic heterocycles. The molecule has 4 nitrogen and oxygen atoms in total. The number of carbonyl (C=O) groups is 1. The van der Waals surface area contributed by atoms with E-state index in [-0.39, 0.29) is 12.0 Å². The van der Waals surface area contributed by atoms with Crippen LogP contribution >= 0.6 is 0 Å². The van der Waals surface area contributed by atoms with Gasteiger partial charge in [-0.15, -0.1) is 0 Å². The molecular formula is C9H15NO3. The van der Waals surface area contributed by atoms with E-state index >= 15 is 0 Å². The van der Waals surface area contributed by atoms with E-state index in [9.17, 15) is 4.79 Å². The largest absolute Gasteiger partial charge is 0.466 e. The van der Waals surface area contributed by atoms with Crippen LogP contribution in [0.15, 0.2) is 11.6 Å². The summed E-state index contributed by atoms with van der Waals surface area (Å²) in [7, 11) is 4.97. The van der Waals surface area contributed by atoms with E-state index in [0.29, 0.717) is 12.2 Å². The maximum absolute atomic E-state index is 11.3. The summed E-state index contributed by atoms with van der Waals surface area (Å²) < 4.78 is 9.70. The molecule has 0 aromatic rings. The van der Waals surface area contributed by atoms with Crippen molar-refractivity contribution in [2.45, 2.75) is 6.04 Å². The van der Waals surface area contributed by atoms with Crippen LogP contribution in [0.3, 0.4) is 0 Å². The van der Waals surface area contributed by atoms with Crippen molar-refractivity contribution in [3.05, 3.63) is 11.6 Å². The van der Waals surface area contributed by atoms with Gasteiger partial charge in [0.1, 0.15) is 0 Å². The Labute approximate surface area is 78.1 Å². The van der Waals surface area contributed by atoms with Gasteiger partial charge >= 0.3 is 5.97 Å². The minimum absolute atomic E-state index is 0.0393. The van der Waals surface area contributed by atoms with E-state index in [0.717, 1.165) is 6.54 Å². The standard InChI is InChI=1S/C9H15NO3/c1-10-5-4-7(9(11)13-3)8(10)6-12-2/h4,8H,5-6H2,1-3H3/t8-/m0/s1. The lowest BCUT2D eigenvalue weighted by Crippen LogP contribution is -2.34. The molecule has 0 N–H and O–H groups in total. The molecule has 0 spiro atoms. The van der Waals surface area contributed by atoms with Gasteiger partial charge in [-0.05, 0) is 7.05 Å². The molecule has 74 valence electrons. The van der Waals surface area contributed by atoms with Gasteiger partial charge < -0.3 is 9.47 Å². The molecule has 1 rings (SSSR count). The molecule has 13 heavy (non-hydrogen) atoms. The third kappa shape index (κ3) is 2.08. The Morgan fingerprint density at radius 1 is 1.69 bits per heavy atom. The number of likely N-dealkylation sites (N-methyl/N-ethyl adjacent to an activating group) is 1. The molecule has 1 aliphatic rings. The average molecular weight is 185 g/mol. The Morgan fingerprint density at radius 2 is 2.38 bits per heavy atom. The van der Waals surface area contributed by atoms with E-state index in [4.69, 9.17) is 4.74 Å². The SMILES string of the molecule is COC[C@H]1C(C(=O)OC)=CCN1C. The Balaban J connectivity index is 2.67. The number of hydrogen-bond donors (Lipinski definition) is 0. The van der Waals surface area contributed by atoms with Gasteiger partial charge in [-0.3, -0.25) is 4.90 Å². The van der Waals surface area contributed by atoms with Crippen molar-refractivity contribution < 1.29 is 14.3 Å². The first-order valence-corrected chi connectivity index (χ1v) is 4.18. The fourth-order valence-electron chi connectivity index (χ4n) is 1.46. The summed E-state index contributed by atoms with van der Waals surface area (Å²) >= 11 is 0. The molecule has 1 atom stereocenters. The fourth-order valence-corrected chi connectivity index (χ4v) is 1.46. The zero-order valence-electron chi connectivity index (χ0n) is 8.24. The van der Waals surface area contributed by atoms with E-state index in [1.165, 1.54) is 7.11 Å². The third-order valence-electron chi connectivity index (χ3n) is 2.24. The van der Waals surface area contributed by atoms with E-state index in [1.807, 2.05) is 13.1 Å². The lowest BCUT2D eigenvalue weighted by atomic mass is 10.1. The van der Waals surface area contributed by atoms with Gasteiger partial charge in [0, 0.05) is 13.7 Å². The van der Waals surface area contributed by atoms with Gasteiger partial charge in [0.2, 0.25) is 0 Å². The lowest BCUT2D eigenvalue weighted by Gasteiger charge is -2.20. The van der Waals surface area contributed by atoms with Gasteiger partial charge in [0.05, 0.1) is 25.3 Å². The second kappa shape index (κ2) is 4.39. The summed E-state index contributed by atoms with van der Waals surface area (Å²) in [5.74, 6) is -0.258. The molecule has 0 saturated heterocycles. The maximum atomic E-state index is 11.3. The Kier molecular flexibility index (Phi) is 3.45. The molecule has 0 saturated carbocycles. The van der Waals surface area contributed by atoms with Crippen molar-refractivity contribution >= 4 is 5.97 Å². The van der Waals surface area contributed by atoms with Crippen LogP contribution in [0.25, 0.3) is 0 Å². The summed E-state index contributed by atoms with van der Waals surface area (Å²) in [6.45, 7) is 1.30. The van der Waals surface area contributed by atoms with Crippen LogP contribution in [0.4, 0.5) is 0 Å². The Hall–Kier alpha value is -0.870. The molecule has 1 heterocycles. The molecule has 4 heteroatoms. The number of nitrogens with zero attached hydrogens (tertiary/aromatic N) is 1. The van der Waals surface area contributed by atoms with Crippen molar-refractivity contribution in [2.75, 3.05) is 34.4 Å².